The standard InChI is InChI=1S/C18H15Cl2N3O3/c1-10(24)21-14-8-4-12(5-9-14)17(25)22-23-16(15(20)18(23)26)11-2-6-13(19)7-3-11/h2-9,15-16H,1H3,(H,21,24)(H,22,25)/t15-,16-/m1/s1. The quantitative estimate of drug-likeness (QED) is 0.620. The molecule has 1 heterocycles. The Kier molecular flexibility index (Phi) is 5.15. The fraction of sp³-hybridized carbons (Fsp3) is 0.167. The first-order valence-corrected chi connectivity index (χ1v) is 8.59. The molecule has 2 aromatic carbocycles. The minimum absolute atomic E-state index is 0.202. The molecule has 26 heavy (non-hydrogen) atoms. The van der Waals surface area contributed by atoms with Crippen molar-refractivity contribution in [3.05, 3.63) is 64.7 Å². The van der Waals surface area contributed by atoms with Gasteiger partial charge < -0.3 is 5.32 Å². The lowest BCUT2D eigenvalue weighted by molar-refractivity contribution is -0.149. The molecule has 0 aromatic heterocycles. The molecule has 0 spiro atoms. The van der Waals surface area contributed by atoms with Crippen molar-refractivity contribution in [1.29, 1.82) is 0 Å². The number of nitrogens with one attached hydrogen (secondary N) is 2. The van der Waals surface area contributed by atoms with Gasteiger partial charge >= 0.3 is 0 Å². The largest absolute Gasteiger partial charge is 0.326 e. The van der Waals surface area contributed by atoms with Crippen LogP contribution in [-0.2, 0) is 9.59 Å². The maximum absolute atomic E-state index is 12.4. The SMILES string of the molecule is CC(=O)Nc1ccc(C(=O)NN2C(=O)[C@H](Cl)[C@H]2c2ccc(Cl)cc2)cc1. The highest BCUT2D eigenvalue weighted by molar-refractivity contribution is 6.33. The highest BCUT2D eigenvalue weighted by Crippen LogP contribution is 2.37. The molecule has 1 aliphatic rings. The molecule has 0 saturated carbocycles. The molecule has 6 nitrogen and oxygen atoms in total. The number of benzene rings is 2. The summed E-state index contributed by atoms with van der Waals surface area (Å²) in [4.78, 5) is 35.5. The van der Waals surface area contributed by atoms with Gasteiger partial charge in [0.05, 0.1) is 0 Å². The molecule has 2 atom stereocenters. The third-order valence-electron chi connectivity index (χ3n) is 3.93. The van der Waals surface area contributed by atoms with Crippen molar-refractivity contribution >= 4 is 46.6 Å². The monoisotopic (exact) mass is 391 g/mol. The van der Waals surface area contributed by atoms with Crippen molar-refractivity contribution in [2.45, 2.75) is 18.3 Å². The summed E-state index contributed by atoms with van der Waals surface area (Å²) in [5.74, 6) is -1.03. The molecule has 1 aliphatic heterocycles. The number of alkyl halides is 1. The maximum Gasteiger partial charge on any atom is 0.269 e. The van der Waals surface area contributed by atoms with E-state index in [0.717, 1.165) is 5.56 Å². The second-order valence-electron chi connectivity index (χ2n) is 5.81. The van der Waals surface area contributed by atoms with Crippen LogP contribution in [-0.4, -0.2) is 28.1 Å². The number of rotatable bonds is 4. The first-order chi connectivity index (χ1) is 12.4. The third-order valence-corrected chi connectivity index (χ3v) is 4.61. The molecule has 134 valence electrons. The number of carbonyl (C=O) groups excluding carboxylic acids is 3. The Balaban J connectivity index is 1.72. The number of halogens is 2. The molecule has 2 aromatic rings. The predicted molar refractivity (Wildman–Crippen MR) is 98.9 cm³/mol. The molecule has 0 aliphatic carbocycles. The topological polar surface area (TPSA) is 78.5 Å². The summed E-state index contributed by atoms with van der Waals surface area (Å²) in [5.41, 5.74) is 4.27. The molecule has 0 unspecified atom stereocenters. The summed E-state index contributed by atoms with van der Waals surface area (Å²) in [5, 5.41) is 3.65. The Morgan fingerprint density at radius 2 is 1.65 bits per heavy atom. The van der Waals surface area contributed by atoms with Gasteiger partial charge in [0.2, 0.25) is 5.91 Å². The Morgan fingerprint density at radius 3 is 2.23 bits per heavy atom. The van der Waals surface area contributed by atoms with Gasteiger partial charge in [-0.3, -0.25) is 19.8 Å². The van der Waals surface area contributed by atoms with E-state index < -0.39 is 17.3 Å². The Hall–Kier alpha value is -2.57. The Morgan fingerprint density at radius 1 is 1.04 bits per heavy atom. The van der Waals surface area contributed by atoms with Crippen LogP contribution >= 0.6 is 23.2 Å². The van der Waals surface area contributed by atoms with Gasteiger partial charge in [-0.2, -0.15) is 0 Å². The predicted octanol–water partition coefficient (Wildman–Crippen LogP) is 3.13. The van der Waals surface area contributed by atoms with Crippen molar-refractivity contribution in [1.82, 2.24) is 10.4 Å². The van der Waals surface area contributed by atoms with Gasteiger partial charge in [0.15, 0.2) is 0 Å². The second kappa shape index (κ2) is 7.35. The van der Waals surface area contributed by atoms with Gasteiger partial charge in [0, 0.05) is 23.2 Å². The van der Waals surface area contributed by atoms with Crippen LogP contribution in [0.25, 0.3) is 0 Å². The van der Waals surface area contributed by atoms with E-state index in [-0.39, 0.29) is 11.8 Å². The molecular weight excluding hydrogens is 377 g/mol. The number of hydrazine groups is 1. The number of anilines is 1. The van der Waals surface area contributed by atoms with Crippen molar-refractivity contribution in [2.75, 3.05) is 5.32 Å². The summed E-state index contributed by atoms with van der Waals surface area (Å²) in [6.07, 6.45) is 0. The number of hydrogen-bond acceptors (Lipinski definition) is 3. The molecule has 1 saturated heterocycles. The third kappa shape index (κ3) is 3.66. The molecule has 1 fully saturated rings. The average Bonchev–Trinajstić information content (AvgIpc) is 2.62. The summed E-state index contributed by atoms with van der Waals surface area (Å²) >= 11 is 12.0. The molecule has 0 bridgehead atoms. The van der Waals surface area contributed by atoms with Crippen LogP contribution in [0.1, 0.15) is 28.9 Å². The minimum Gasteiger partial charge on any atom is -0.326 e. The van der Waals surface area contributed by atoms with E-state index >= 15 is 0 Å². The van der Waals surface area contributed by atoms with E-state index in [1.807, 2.05) is 0 Å². The normalized spacial score (nSPS) is 18.9. The zero-order valence-corrected chi connectivity index (χ0v) is 15.2. The molecule has 0 radical (unpaired) electrons. The summed E-state index contributed by atoms with van der Waals surface area (Å²) in [6, 6.07) is 12.8. The number of amides is 3. The Bertz CT molecular complexity index is 853. The van der Waals surface area contributed by atoms with E-state index in [9.17, 15) is 14.4 Å². The average molecular weight is 392 g/mol. The van der Waals surface area contributed by atoms with E-state index in [2.05, 4.69) is 10.7 Å². The van der Waals surface area contributed by atoms with Crippen LogP contribution in [0.3, 0.4) is 0 Å². The van der Waals surface area contributed by atoms with Crippen LogP contribution in [0.4, 0.5) is 5.69 Å². The Labute approximate surface area is 160 Å². The molecule has 8 heteroatoms. The zero-order valence-electron chi connectivity index (χ0n) is 13.7. The van der Waals surface area contributed by atoms with Crippen molar-refractivity contribution in [3.8, 4) is 0 Å². The van der Waals surface area contributed by atoms with Crippen molar-refractivity contribution < 1.29 is 14.4 Å². The van der Waals surface area contributed by atoms with Crippen LogP contribution in [0.5, 0.6) is 0 Å². The summed E-state index contributed by atoms with van der Waals surface area (Å²) in [6.45, 7) is 1.40. The summed E-state index contributed by atoms with van der Waals surface area (Å²) < 4.78 is 0. The smallest absolute Gasteiger partial charge is 0.269 e. The highest BCUT2D eigenvalue weighted by atomic mass is 35.5. The highest BCUT2D eigenvalue weighted by Gasteiger charge is 2.48. The minimum atomic E-state index is -0.751. The zero-order chi connectivity index (χ0) is 18.8. The van der Waals surface area contributed by atoms with Crippen molar-refractivity contribution in [2.24, 2.45) is 0 Å². The number of nitrogens with zero attached hydrogens (tertiary/aromatic N) is 1. The van der Waals surface area contributed by atoms with Gasteiger partial charge in [-0.1, -0.05) is 23.7 Å². The number of carbonyl (C=O) groups is 3. The fourth-order valence-corrected chi connectivity index (χ4v) is 3.13. The van der Waals surface area contributed by atoms with Gasteiger partial charge in [-0.25, -0.2) is 5.01 Å². The lowest BCUT2D eigenvalue weighted by Crippen LogP contribution is -2.63. The van der Waals surface area contributed by atoms with E-state index in [1.54, 1.807) is 48.5 Å². The molecule has 2 N–H and O–H groups in total. The number of β-lactam (4-membered cyclic amide) rings is 1. The number of hydrogen-bond donors (Lipinski definition) is 2. The van der Waals surface area contributed by atoms with Crippen molar-refractivity contribution in [3.63, 3.8) is 0 Å². The fourth-order valence-electron chi connectivity index (χ4n) is 2.64. The lowest BCUT2D eigenvalue weighted by Gasteiger charge is -2.43. The first kappa shape index (κ1) is 18.2. The van der Waals surface area contributed by atoms with Crippen LogP contribution in [0.15, 0.2) is 48.5 Å². The lowest BCUT2D eigenvalue weighted by atomic mass is 9.95. The molecular formula is C18H15Cl2N3O3. The van der Waals surface area contributed by atoms with Crippen LogP contribution in [0, 0.1) is 0 Å². The van der Waals surface area contributed by atoms with Gasteiger partial charge in [0.1, 0.15) is 11.4 Å². The first-order valence-electron chi connectivity index (χ1n) is 7.78. The van der Waals surface area contributed by atoms with Crippen LogP contribution < -0.4 is 10.7 Å². The molecule has 3 rings (SSSR count). The van der Waals surface area contributed by atoms with E-state index in [4.69, 9.17) is 23.2 Å². The van der Waals surface area contributed by atoms with Gasteiger partial charge in [0.25, 0.3) is 11.8 Å². The maximum atomic E-state index is 12.4. The van der Waals surface area contributed by atoms with Gasteiger partial charge in [-0.05, 0) is 42.0 Å². The summed E-state index contributed by atoms with van der Waals surface area (Å²) in [7, 11) is 0. The second-order valence-corrected chi connectivity index (χ2v) is 6.71. The van der Waals surface area contributed by atoms with E-state index in [1.165, 1.54) is 11.9 Å². The van der Waals surface area contributed by atoms with Crippen LogP contribution in [0.2, 0.25) is 5.02 Å². The van der Waals surface area contributed by atoms with Gasteiger partial charge in [-0.15, -0.1) is 11.6 Å². The van der Waals surface area contributed by atoms with E-state index in [0.29, 0.717) is 16.3 Å². The molecule has 3 amide bonds.